The van der Waals surface area contributed by atoms with Gasteiger partial charge in [0.25, 0.3) is 5.91 Å². The third kappa shape index (κ3) is 2.88. The molecular weight excluding hydrogens is 252 g/mol. The molecule has 0 aliphatic heterocycles. The second-order valence-electron chi connectivity index (χ2n) is 4.81. The van der Waals surface area contributed by atoms with Crippen LogP contribution in [-0.4, -0.2) is 25.0 Å². The normalized spacial score (nSPS) is 10.2. The molecule has 0 fully saturated rings. The lowest BCUT2D eigenvalue weighted by atomic mass is 10.1. The Kier molecular flexibility index (Phi) is 3.89. The number of nitrogen functional groups attached to an aromatic ring is 1. The van der Waals surface area contributed by atoms with Gasteiger partial charge in [0.15, 0.2) is 0 Å². The van der Waals surface area contributed by atoms with E-state index in [1.165, 1.54) is 0 Å². The summed E-state index contributed by atoms with van der Waals surface area (Å²) in [6, 6.07) is 7.11. The maximum Gasteiger partial charge on any atom is 0.255 e. The highest BCUT2D eigenvalue weighted by Gasteiger charge is 2.11. The van der Waals surface area contributed by atoms with Gasteiger partial charge in [-0.05, 0) is 30.7 Å². The number of rotatable bonds is 3. The van der Waals surface area contributed by atoms with E-state index >= 15 is 0 Å². The zero-order valence-corrected chi connectivity index (χ0v) is 11.8. The van der Waals surface area contributed by atoms with Crippen molar-refractivity contribution in [1.29, 1.82) is 0 Å². The van der Waals surface area contributed by atoms with Crippen molar-refractivity contribution in [3.05, 3.63) is 47.8 Å². The number of hydrogen-bond donors (Lipinski definition) is 2. The van der Waals surface area contributed by atoms with Gasteiger partial charge in [-0.1, -0.05) is 6.07 Å². The van der Waals surface area contributed by atoms with Crippen LogP contribution in [-0.2, 0) is 0 Å². The van der Waals surface area contributed by atoms with Crippen LogP contribution >= 0.6 is 0 Å². The summed E-state index contributed by atoms with van der Waals surface area (Å²) in [6.07, 6.45) is 3.32. The Morgan fingerprint density at radius 3 is 2.70 bits per heavy atom. The molecule has 2 aromatic rings. The smallest absolute Gasteiger partial charge is 0.255 e. The Morgan fingerprint density at radius 1 is 1.30 bits per heavy atom. The van der Waals surface area contributed by atoms with E-state index in [9.17, 15) is 4.79 Å². The van der Waals surface area contributed by atoms with E-state index in [0.29, 0.717) is 16.9 Å². The van der Waals surface area contributed by atoms with Gasteiger partial charge in [0.2, 0.25) is 0 Å². The Bertz CT molecular complexity index is 638. The molecule has 0 spiro atoms. The molecule has 0 radical (unpaired) electrons. The average molecular weight is 270 g/mol. The van der Waals surface area contributed by atoms with Gasteiger partial charge in [-0.25, -0.2) is 0 Å². The number of carbonyl (C=O) groups excluding carboxylic acids is 1. The van der Waals surface area contributed by atoms with Crippen molar-refractivity contribution in [1.82, 2.24) is 4.98 Å². The summed E-state index contributed by atoms with van der Waals surface area (Å²) in [5.74, 6) is -0.201. The summed E-state index contributed by atoms with van der Waals surface area (Å²) >= 11 is 0. The van der Waals surface area contributed by atoms with E-state index in [2.05, 4.69) is 10.3 Å². The summed E-state index contributed by atoms with van der Waals surface area (Å²) in [5, 5.41) is 2.86. The number of aromatic nitrogens is 1. The Morgan fingerprint density at radius 2 is 2.05 bits per heavy atom. The van der Waals surface area contributed by atoms with Crippen LogP contribution in [0.15, 0.2) is 36.7 Å². The summed E-state index contributed by atoms with van der Waals surface area (Å²) < 4.78 is 0. The van der Waals surface area contributed by atoms with Crippen LogP contribution in [0, 0.1) is 6.92 Å². The Balaban J connectivity index is 2.26. The van der Waals surface area contributed by atoms with Crippen LogP contribution in [0.25, 0.3) is 0 Å². The van der Waals surface area contributed by atoms with Crippen LogP contribution in [0.4, 0.5) is 17.1 Å². The highest BCUT2D eigenvalue weighted by molar-refractivity contribution is 6.06. The molecule has 1 amide bonds. The molecule has 3 N–H and O–H groups in total. The molecule has 0 aliphatic carbocycles. The number of anilines is 3. The second-order valence-corrected chi connectivity index (χ2v) is 4.81. The minimum Gasteiger partial charge on any atom is -0.398 e. The van der Waals surface area contributed by atoms with Gasteiger partial charge in [0.05, 0.1) is 17.6 Å². The maximum absolute atomic E-state index is 12.2. The number of amides is 1. The van der Waals surface area contributed by atoms with Crippen molar-refractivity contribution in [2.45, 2.75) is 6.92 Å². The molecule has 2 rings (SSSR count). The monoisotopic (exact) mass is 270 g/mol. The lowest BCUT2D eigenvalue weighted by Gasteiger charge is -2.17. The second kappa shape index (κ2) is 5.61. The molecule has 5 nitrogen and oxygen atoms in total. The first-order valence-electron chi connectivity index (χ1n) is 6.28. The molecule has 0 bridgehead atoms. The minimum absolute atomic E-state index is 0.201. The largest absolute Gasteiger partial charge is 0.398 e. The van der Waals surface area contributed by atoms with Crippen LogP contribution < -0.4 is 16.0 Å². The van der Waals surface area contributed by atoms with Crippen LogP contribution in [0.1, 0.15) is 15.9 Å². The minimum atomic E-state index is -0.201. The Labute approximate surface area is 118 Å². The van der Waals surface area contributed by atoms with Crippen molar-refractivity contribution in [2.75, 3.05) is 30.0 Å². The number of nitrogens with one attached hydrogen (secondary N) is 1. The molecule has 0 aliphatic rings. The molecule has 1 aromatic heterocycles. The molecule has 1 aromatic carbocycles. The fourth-order valence-electron chi connectivity index (χ4n) is 1.85. The topological polar surface area (TPSA) is 71.2 Å². The first-order valence-corrected chi connectivity index (χ1v) is 6.28. The summed E-state index contributed by atoms with van der Waals surface area (Å²) in [7, 11) is 3.82. The van der Waals surface area contributed by atoms with E-state index < -0.39 is 0 Å². The number of aryl methyl sites for hydroxylation is 1. The van der Waals surface area contributed by atoms with Gasteiger partial charge in [0, 0.05) is 31.5 Å². The van der Waals surface area contributed by atoms with Gasteiger partial charge < -0.3 is 16.0 Å². The molecule has 20 heavy (non-hydrogen) atoms. The molecule has 0 saturated carbocycles. The van der Waals surface area contributed by atoms with E-state index in [1.807, 2.05) is 38.1 Å². The van der Waals surface area contributed by atoms with E-state index in [1.54, 1.807) is 24.5 Å². The summed E-state index contributed by atoms with van der Waals surface area (Å²) in [4.78, 5) is 18.2. The third-order valence-electron chi connectivity index (χ3n) is 3.07. The molecule has 1 heterocycles. The first kappa shape index (κ1) is 13.9. The number of pyridine rings is 1. The van der Waals surface area contributed by atoms with Gasteiger partial charge in [-0.3, -0.25) is 9.78 Å². The van der Waals surface area contributed by atoms with Crippen molar-refractivity contribution in [3.8, 4) is 0 Å². The standard InChI is InChI=1S/C15H18N4O/c1-10-4-5-11(8-12(10)16)15(20)18-13-9-17-7-6-14(13)19(2)3/h4-9H,16H2,1-3H3,(H,18,20). The zero-order chi connectivity index (χ0) is 14.7. The van der Waals surface area contributed by atoms with Crippen LogP contribution in [0.5, 0.6) is 0 Å². The summed E-state index contributed by atoms with van der Waals surface area (Å²) in [5.41, 5.74) is 9.49. The fraction of sp³-hybridized carbons (Fsp3) is 0.200. The van der Waals surface area contributed by atoms with Crippen molar-refractivity contribution in [3.63, 3.8) is 0 Å². The predicted octanol–water partition coefficient (Wildman–Crippen LogP) is 2.29. The van der Waals surface area contributed by atoms with E-state index in [-0.39, 0.29) is 5.91 Å². The number of carbonyl (C=O) groups is 1. The Hall–Kier alpha value is -2.56. The molecular formula is C15H18N4O. The van der Waals surface area contributed by atoms with Gasteiger partial charge in [-0.2, -0.15) is 0 Å². The van der Waals surface area contributed by atoms with E-state index in [4.69, 9.17) is 5.73 Å². The van der Waals surface area contributed by atoms with Crippen molar-refractivity contribution < 1.29 is 4.79 Å². The number of nitrogens with two attached hydrogens (primary N) is 1. The molecule has 0 unspecified atom stereocenters. The van der Waals surface area contributed by atoms with Crippen LogP contribution in [0.3, 0.4) is 0 Å². The quantitative estimate of drug-likeness (QED) is 0.839. The van der Waals surface area contributed by atoms with Gasteiger partial charge in [0.1, 0.15) is 0 Å². The maximum atomic E-state index is 12.2. The predicted molar refractivity (Wildman–Crippen MR) is 82.1 cm³/mol. The number of hydrogen-bond acceptors (Lipinski definition) is 4. The van der Waals surface area contributed by atoms with E-state index in [0.717, 1.165) is 11.3 Å². The lowest BCUT2D eigenvalue weighted by molar-refractivity contribution is 0.102. The van der Waals surface area contributed by atoms with Crippen molar-refractivity contribution in [2.24, 2.45) is 0 Å². The molecule has 5 heteroatoms. The number of benzene rings is 1. The average Bonchev–Trinajstić information content (AvgIpc) is 2.42. The third-order valence-corrected chi connectivity index (χ3v) is 3.07. The zero-order valence-electron chi connectivity index (χ0n) is 11.8. The van der Waals surface area contributed by atoms with Gasteiger partial charge >= 0.3 is 0 Å². The lowest BCUT2D eigenvalue weighted by Crippen LogP contribution is -2.17. The van der Waals surface area contributed by atoms with Crippen molar-refractivity contribution >= 4 is 23.0 Å². The number of nitrogens with zero attached hydrogens (tertiary/aromatic N) is 2. The SMILES string of the molecule is Cc1ccc(C(=O)Nc2cnccc2N(C)C)cc1N. The first-order chi connectivity index (χ1) is 9.49. The highest BCUT2D eigenvalue weighted by Crippen LogP contribution is 2.23. The molecule has 104 valence electrons. The fourth-order valence-corrected chi connectivity index (χ4v) is 1.85. The summed E-state index contributed by atoms with van der Waals surface area (Å²) in [6.45, 7) is 1.91. The van der Waals surface area contributed by atoms with Gasteiger partial charge in [-0.15, -0.1) is 0 Å². The highest BCUT2D eigenvalue weighted by atomic mass is 16.1. The molecule has 0 saturated heterocycles. The van der Waals surface area contributed by atoms with Crippen LogP contribution in [0.2, 0.25) is 0 Å². The molecule has 0 atom stereocenters.